The van der Waals surface area contributed by atoms with Crippen molar-refractivity contribution in [2.24, 2.45) is 0 Å². The number of fused-ring (bicyclic) bond motifs is 1. The fourth-order valence-electron chi connectivity index (χ4n) is 2.88. The number of carbonyl (C=O) groups is 2. The predicted octanol–water partition coefficient (Wildman–Crippen LogP) is 2.98. The predicted molar refractivity (Wildman–Crippen MR) is 104 cm³/mol. The number of benzene rings is 1. The third kappa shape index (κ3) is 3.25. The molecule has 3 aromatic heterocycles. The standard InChI is InChI=1S/C21H17N5O2/c1-13-5-7-15(8-6-13)20(27)25-21(28)18-19-24-17(16-4-3-9-22-11-16)10-14(2)26(19)12-23-18/h3-12H,1-2H3,(H,25,27,28). The first-order chi connectivity index (χ1) is 13.5. The highest BCUT2D eigenvalue weighted by Crippen LogP contribution is 2.20. The first-order valence-corrected chi connectivity index (χ1v) is 8.70. The van der Waals surface area contributed by atoms with E-state index in [0.717, 1.165) is 16.8 Å². The lowest BCUT2D eigenvalue weighted by atomic mass is 10.1. The van der Waals surface area contributed by atoms with E-state index in [-0.39, 0.29) is 5.69 Å². The largest absolute Gasteiger partial charge is 0.287 e. The minimum absolute atomic E-state index is 0.0919. The van der Waals surface area contributed by atoms with Crippen LogP contribution in [0, 0.1) is 13.8 Å². The monoisotopic (exact) mass is 371 g/mol. The molecule has 138 valence electrons. The molecule has 0 unspecified atom stereocenters. The maximum Gasteiger partial charge on any atom is 0.280 e. The Balaban J connectivity index is 1.68. The first kappa shape index (κ1) is 17.5. The summed E-state index contributed by atoms with van der Waals surface area (Å²) in [5.41, 5.74) is 4.28. The number of pyridine rings is 1. The molecule has 0 bridgehead atoms. The van der Waals surface area contributed by atoms with E-state index in [9.17, 15) is 9.59 Å². The van der Waals surface area contributed by atoms with Gasteiger partial charge in [0.2, 0.25) is 0 Å². The van der Waals surface area contributed by atoms with Crippen LogP contribution < -0.4 is 5.32 Å². The van der Waals surface area contributed by atoms with Gasteiger partial charge in [-0.25, -0.2) is 9.97 Å². The molecule has 4 rings (SSSR count). The number of aromatic nitrogens is 4. The van der Waals surface area contributed by atoms with Gasteiger partial charge in [0.25, 0.3) is 11.8 Å². The Morgan fingerprint density at radius 2 is 1.82 bits per heavy atom. The van der Waals surface area contributed by atoms with E-state index in [1.807, 2.05) is 44.2 Å². The molecule has 0 radical (unpaired) electrons. The number of nitrogens with one attached hydrogen (secondary N) is 1. The molecule has 2 amide bonds. The van der Waals surface area contributed by atoms with Crippen molar-refractivity contribution in [3.8, 4) is 11.3 Å². The topological polar surface area (TPSA) is 89.2 Å². The van der Waals surface area contributed by atoms with Gasteiger partial charge in [-0.05, 0) is 44.2 Å². The molecule has 7 nitrogen and oxygen atoms in total. The Labute approximate surface area is 161 Å². The van der Waals surface area contributed by atoms with Crippen LogP contribution in [0.1, 0.15) is 32.1 Å². The molecule has 0 aliphatic carbocycles. The molecule has 0 spiro atoms. The van der Waals surface area contributed by atoms with Gasteiger partial charge in [-0.3, -0.25) is 24.3 Å². The molecule has 0 saturated heterocycles. The maximum absolute atomic E-state index is 12.7. The Morgan fingerprint density at radius 1 is 1.04 bits per heavy atom. The van der Waals surface area contributed by atoms with Crippen LogP contribution in [0.2, 0.25) is 0 Å². The second kappa shape index (κ2) is 7.03. The Bertz CT molecular complexity index is 1180. The molecule has 7 heteroatoms. The minimum atomic E-state index is -0.594. The number of carbonyl (C=O) groups excluding carboxylic acids is 2. The number of aryl methyl sites for hydroxylation is 2. The van der Waals surface area contributed by atoms with Crippen LogP contribution in [0.25, 0.3) is 16.9 Å². The van der Waals surface area contributed by atoms with Crippen molar-refractivity contribution in [2.75, 3.05) is 0 Å². The molecular formula is C21H17N5O2. The lowest BCUT2D eigenvalue weighted by Gasteiger charge is -2.06. The molecule has 0 aliphatic rings. The Kier molecular flexibility index (Phi) is 4.41. The third-order valence-corrected chi connectivity index (χ3v) is 4.41. The zero-order valence-corrected chi connectivity index (χ0v) is 15.4. The van der Waals surface area contributed by atoms with Crippen LogP contribution in [0.5, 0.6) is 0 Å². The fraction of sp³-hybridized carbons (Fsp3) is 0.0952. The molecule has 1 aromatic carbocycles. The average molecular weight is 371 g/mol. The van der Waals surface area contributed by atoms with Crippen molar-refractivity contribution in [2.45, 2.75) is 13.8 Å². The van der Waals surface area contributed by atoms with Crippen molar-refractivity contribution >= 4 is 17.5 Å². The fourth-order valence-corrected chi connectivity index (χ4v) is 2.88. The van der Waals surface area contributed by atoms with Gasteiger partial charge in [-0.15, -0.1) is 0 Å². The molecule has 0 aliphatic heterocycles. The second-order valence-electron chi connectivity index (χ2n) is 6.46. The summed E-state index contributed by atoms with van der Waals surface area (Å²) >= 11 is 0. The summed E-state index contributed by atoms with van der Waals surface area (Å²) in [7, 11) is 0. The van der Waals surface area contributed by atoms with Gasteiger partial charge in [0.05, 0.1) is 5.69 Å². The number of imide groups is 1. The van der Waals surface area contributed by atoms with Crippen LogP contribution in [-0.2, 0) is 0 Å². The highest BCUT2D eigenvalue weighted by molar-refractivity contribution is 6.11. The molecule has 0 saturated carbocycles. The molecule has 4 aromatic rings. The quantitative estimate of drug-likeness (QED) is 0.559. The van der Waals surface area contributed by atoms with Crippen molar-refractivity contribution in [1.82, 2.24) is 24.7 Å². The zero-order chi connectivity index (χ0) is 19.7. The van der Waals surface area contributed by atoms with Gasteiger partial charge in [0, 0.05) is 29.2 Å². The van der Waals surface area contributed by atoms with E-state index >= 15 is 0 Å². The zero-order valence-electron chi connectivity index (χ0n) is 15.4. The number of amides is 2. The number of rotatable bonds is 3. The van der Waals surface area contributed by atoms with Crippen molar-refractivity contribution in [3.05, 3.63) is 83.7 Å². The van der Waals surface area contributed by atoms with Gasteiger partial charge in [0.15, 0.2) is 11.3 Å². The number of nitrogens with zero attached hydrogens (tertiary/aromatic N) is 4. The summed E-state index contributed by atoms with van der Waals surface area (Å²) < 4.78 is 1.71. The summed E-state index contributed by atoms with van der Waals surface area (Å²) in [6.07, 6.45) is 4.91. The van der Waals surface area contributed by atoms with Crippen molar-refractivity contribution < 1.29 is 9.59 Å². The van der Waals surface area contributed by atoms with E-state index in [1.54, 1.807) is 28.9 Å². The van der Waals surface area contributed by atoms with Crippen LogP contribution in [0.3, 0.4) is 0 Å². The minimum Gasteiger partial charge on any atom is -0.287 e. The molecule has 1 N–H and O–H groups in total. The summed E-state index contributed by atoms with van der Waals surface area (Å²) in [5.74, 6) is -1.07. The van der Waals surface area contributed by atoms with E-state index in [0.29, 0.717) is 16.9 Å². The number of imidazole rings is 1. The van der Waals surface area contributed by atoms with Crippen LogP contribution in [-0.4, -0.2) is 31.2 Å². The second-order valence-corrected chi connectivity index (χ2v) is 6.46. The maximum atomic E-state index is 12.7. The summed E-state index contributed by atoms with van der Waals surface area (Å²) in [4.78, 5) is 37.9. The van der Waals surface area contributed by atoms with Gasteiger partial charge in [-0.1, -0.05) is 17.7 Å². The molecule has 0 atom stereocenters. The molecule has 28 heavy (non-hydrogen) atoms. The Morgan fingerprint density at radius 3 is 2.54 bits per heavy atom. The normalized spacial score (nSPS) is 10.8. The molecule has 0 fully saturated rings. The van der Waals surface area contributed by atoms with Gasteiger partial charge < -0.3 is 0 Å². The van der Waals surface area contributed by atoms with Crippen LogP contribution in [0.4, 0.5) is 0 Å². The third-order valence-electron chi connectivity index (χ3n) is 4.41. The summed E-state index contributed by atoms with van der Waals surface area (Å²) in [5, 5.41) is 2.38. The Hall–Kier alpha value is -3.87. The van der Waals surface area contributed by atoms with Gasteiger partial charge >= 0.3 is 0 Å². The first-order valence-electron chi connectivity index (χ1n) is 8.70. The van der Waals surface area contributed by atoms with E-state index in [4.69, 9.17) is 0 Å². The smallest absolute Gasteiger partial charge is 0.280 e. The van der Waals surface area contributed by atoms with Gasteiger partial charge in [-0.2, -0.15) is 0 Å². The summed E-state index contributed by atoms with van der Waals surface area (Å²) in [6.45, 7) is 3.83. The van der Waals surface area contributed by atoms with Crippen molar-refractivity contribution in [3.63, 3.8) is 0 Å². The number of hydrogen-bond donors (Lipinski definition) is 1. The van der Waals surface area contributed by atoms with E-state index in [2.05, 4.69) is 20.3 Å². The average Bonchev–Trinajstić information content (AvgIpc) is 3.14. The lowest BCUT2D eigenvalue weighted by Crippen LogP contribution is -2.31. The molecule has 3 heterocycles. The number of hydrogen-bond acceptors (Lipinski definition) is 5. The SMILES string of the molecule is Cc1ccc(C(=O)NC(=O)c2ncn3c(C)cc(-c4cccnc4)nc23)cc1. The van der Waals surface area contributed by atoms with Gasteiger partial charge in [0.1, 0.15) is 6.33 Å². The van der Waals surface area contributed by atoms with Crippen LogP contribution in [0.15, 0.2) is 61.2 Å². The van der Waals surface area contributed by atoms with E-state index in [1.165, 1.54) is 6.33 Å². The lowest BCUT2D eigenvalue weighted by molar-refractivity contribution is 0.0847. The highest BCUT2D eigenvalue weighted by atomic mass is 16.2. The van der Waals surface area contributed by atoms with Crippen molar-refractivity contribution in [1.29, 1.82) is 0 Å². The van der Waals surface area contributed by atoms with Crippen LogP contribution >= 0.6 is 0 Å². The van der Waals surface area contributed by atoms with E-state index < -0.39 is 11.8 Å². The summed E-state index contributed by atoms with van der Waals surface area (Å²) in [6, 6.07) is 12.6. The molecular weight excluding hydrogens is 354 g/mol. The highest BCUT2D eigenvalue weighted by Gasteiger charge is 2.19.